The summed E-state index contributed by atoms with van der Waals surface area (Å²) in [6.45, 7) is 0. The third-order valence-corrected chi connectivity index (χ3v) is 4.26. The highest BCUT2D eigenvalue weighted by Crippen LogP contribution is 2.35. The molecule has 8 heteroatoms. The van der Waals surface area contributed by atoms with E-state index in [1.807, 2.05) is 0 Å². The first-order valence-corrected chi connectivity index (χ1v) is 7.81. The van der Waals surface area contributed by atoms with Crippen LogP contribution in [0.1, 0.15) is 31.1 Å². The summed E-state index contributed by atoms with van der Waals surface area (Å²) in [5, 5.41) is 10.4. The van der Waals surface area contributed by atoms with Crippen LogP contribution in [0.5, 0.6) is 5.75 Å². The molecule has 0 unspecified atom stereocenters. The maximum absolute atomic E-state index is 14.5. The van der Waals surface area contributed by atoms with Crippen molar-refractivity contribution >= 4 is 34.5 Å². The summed E-state index contributed by atoms with van der Waals surface area (Å²) in [6.07, 6.45) is 0. The number of amides is 2. The molecule has 2 amide bonds. The van der Waals surface area contributed by atoms with Gasteiger partial charge in [0.25, 0.3) is 11.8 Å². The maximum atomic E-state index is 14.5. The molecule has 7 nitrogen and oxygen atoms in total. The standard InChI is InChI=1S/C19H11FN2O5/c1-27-19(26)10-6-9-8-14(23)16(21-15(9)13(20)7-10)22-17(24)11-4-2-3-5-12(11)18(22)25/h2-8,23H,1H3. The molecule has 0 saturated carbocycles. The molecule has 3 aromatic rings. The van der Waals surface area contributed by atoms with Crippen molar-refractivity contribution in [1.82, 2.24) is 4.98 Å². The van der Waals surface area contributed by atoms with Gasteiger partial charge in [-0.05, 0) is 30.3 Å². The van der Waals surface area contributed by atoms with Crippen molar-refractivity contribution in [3.05, 3.63) is 65.0 Å². The number of carbonyl (C=O) groups excluding carboxylic acids is 3. The van der Waals surface area contributed by atoms with Crippen LogP contribution in [0.2, 0.25) is 0 Å². The lowest BCUT2D eigenvalue weighted by Crippen LogP contribution is -2.30. The number of halogens is 1. The van der Waals surface area contributed by atoms with E-state index in [0.717, 1.165) is 19.2 Å². The second-order valence-electron chi connectivity index (χ2n) is 5.84. The lowest BCUT2D eigenvalue weighted by Gasteiger charge is -2.15. The number of hydrogen-bond acceptors (Lipinski definition) is 6. The normalized spacial score (nSPS) is 13.2. The molecule has 1 aliphatic rings. The first-order valence-electron chi connectivity index (χ1n) is 7.81. The highest BCUT2D eigenvalue weighted by molar-refractivity contribution is 6.34. The SMILES string of the molecule is COC(=O)c1cc(F)c2nc(N3C(=O)c4ccccc4C3=O)c(O)cc2c1. The number of hydrogen-bond donors (Lipinski definition) is 1. The van der Waals surface area contributed by atoms with Crippen molar-refractivity contribution < 1.29 is 28.6 Å². The second-order valence-corrected chi connectivity index (χ2v) is 5.84. The Bertz CT molecular complexity index is 1120. The van der Waals surface area contributed by atoms with Crippen LogP contribution in [0.3, 0.4) is 0 Å². The largest absolute Gasteiger partial charge is 0.504 e. The molecule has 4 rings (SSSR count). The van der Waals surface area contributed by atoms with E-state index in [2.05, 4.69) is 9.72 Å². The molecule has 0 fully saturated rings. The van der Waals surface area contributed by atoms with Gasteiger partial charge in [-0.15, -0.1) is 0 Å². The van der Waals surface area contributed by atoms with E-state index in [9.17, 15) is 23.9 Å². The van der Waals surface area contributed by atoms with E-state index in [0.29, 0.717) is 4.90 Å². The van der Waals surface area contributed by atoms with Gasteiger partial charge < -0.3 is 9.84 Å². The minimum Gasteiger partial charge on any atom is -0.504 e. The minimum atomic E-state index is -0.856. The van der Waals surface area contributed by atoms with Crippen LogP contribution in [-0.2, 0) is 4.74 Å². The van der Waals surface area contributed by atoms with Crippen molar-refractivity contribution in [1.29, 1.82) is 0 Å². The summed E-state index contributed by atoms with van der Waals surface area (Å²) >= 11 is 0. The number of fused-ring (bicyclic) bond motifs is 2. The van der Waals surface area contributed by atoms with Crippen LogP contribution in [-0.4, -0.2) is 35.0 Å². The van der Waals surface area contributed by atoms with Gasteiger partial charge >= 0.3 is 5.97 Å². The summed E-state index contributed by atoms with van der Waals surface area (Å²) < 4.78 is 19.0. The molecule has 2 heterocycles. The monoisotopic (exact) mass is 366 g/mol. The van der Waals surface area contributed by atoms with Crippen LogP contribution in [0.4, 0.5) is 10.2 Å². The molecule has 0 radical (unpaired) electrons. The number of ether oxygens (including phenoxy) is 1. The molecule has 2 aromatic carbocycles. The molecule has 1 aromatic heterocycles. The van der Waals surface area contributed by atoms with Gasteiger partial charge in [0.2, 0.25) is 0 Å². The number of methoxy groups -OCH3 is 1. The molecular weight excluding hydrogens is 355 g/mol. The van der Waals surface area contributed by atoms with Crippen LogP contribution < -0.4 is 4.90 Å². The van der Waals surface area contributed by atoms with E-state index >= 15 is 0 Å². The Morgan fingerprint density at radius 3 is 2.33 bits per heavy atom. The molecule has 1 aliphatic heterocycles. The van der Waals surface area contributed by atoms with E-state index < -0.39 is 29.4 Å². The Kier molecular flexibility index (Phi) is 3.62. The topological polar surface area (TPSA) is 96.8 Å². The summed E-state index contributed by atoms with van der Waals surface area (Å²) in [5.74, 6) is -3.81. The minimum absolute atomic E-state index is 0.0582. The Hall–Kier alpha value is -3.81. The van der Waals surface area contributed by atoms with Gasteiger partial charge in [0.1, 0.15) is 11.3 Å². The highest BCUT2D eigenvalue weighted by atomic mass is 19.1. The van der Waals surface area contributed by atoms with Crippen molar-refractivity contribution in [3.8, 4) is 5.75 Å². The molecule has 1 N–H and O–H groups in total. The number of rotatable bonds is 2. The highest BCUT2D eigenvalue weighted by Gasteiger charge is 2.38. The van der Waals surface area contributed by atoms with Gasteiger partial charge in [-0.3, -0.25) is 9.59 Å². The number of carbonyl (C=O) groups is 3. The smallest absolute Gasteiger partial charge is 0.337 e. The lowest BCUT2D eigenvalue weighted by atomic mass is 10.1. The fourth-order valence-corrected chi connectivity index (χ4v) is 3.01. The Morgan fingerprint density at radius 1 is 1.11 bits per heavy atom. The number of imide groups is 1. The predicted octanol–water partition coefficient (Wildman–Crippen LogP) is 2.67. The van der Waals surface area contributed by atoms with Gasteiger partial charge in [-0.25, -0.2) is 19.1 Å². The summed E-state index contributed by atoms with van der Waals surface area (Å²) in [7, 11) is 1.16. The van der Waals surface area contributed by atoms with Gasteiger partial charge in [0, 0.05) is 5.39 Å². The maximum Gasteiger partial charge on any atom is 0.337 e. The Morgan fingerprint density at radius 2 is 1.74 bits per heavy atom. The van der Waals surface area contributed by atoms with Crippen molar-refractivity contribution in [2.75, 3.05) is 12.0 Å². The molecular formula is C19H11FN2O5. The quantitative estimate of drug-likeness (QED) is 0.553. The number of pyridine rings is 1. The molecule has 0 aliphatic carbocycles. The lowest BCUT2D eigenvalue weighted by molar-refractivity contribution is 0.0600. The van der Waals surface area contributed by atoms with Crippen LogP contribution in [0, 0.1) is 5.82 Å². The van der Waals surface area contributed by atoms with Gasteiger partial charge in [-0.2, -0.15) is 0 Å². The summed E-state index contributed by atoms with van der Waals surface area (Å²) in [4.78, 5) is 41.4. The third-order valence-electron chi connectivity index (χ3n) is 4.26. The van der Waals surface area contributed by atoms with Gasteiger partial charge in [-0.1, -0.05) is 12.1 Å². The number of benzene rings is 2. The number of aromatic hydroxyl groups is 1. The zero-order valence-corrected chi connectivity index (χ0v) is 13.9. The second kappa shape index (κ2) is 5.87. The van der Waals surface area contributed by atoms with Crippen molar-refractivity contribution in [2.24, 2.45) is 0 Å². The van der Waals surface area contributed by atoms with Crippen molar-refractivity contribution in [2.45, 2.75) is 0 Å². The molecule has 27 heavy (non-hydrogen) atoms. The average Bonchev–Trinajstić information content (AvgIpc) is 2.91. The van der Waals surface area contributed by atoms with Crippen LogP contribution in [0.25, 0.3) is 10.9 Å². The zero-order valence-electron chi connectivity index (χ0n) is 13.9. The van der Waals surface area contributed by atoms with Gasteiger partial charge in [0.05, 0.1) is 23.8 Å². The fraction of sp³-hybridized carbons (Fsp3) is 0.0526. The molecule has 0 bridgehead atoms. The third kappa shape index (κ3) is 2.42. The number of aromatic nitrogens is 1. The number of anilines is 1. The fourth-order valence-electron chi connectivity index (χ4n) is 3.01. The zero-order chi connectivity index (χ0) is 19.3. The Labute approximate surface area is 151 Å². The van der Waals surface area contributed by atoms with Crippen molar-refractivity contribution in [3.63, 3.8) is 0 Å². The molecule has 0 atom stereocenters. The first-order chi connectivity index (χ1) is 12.9. The van der Waals surface area contributed by atoms with E-state index in [4.69, 9.17) is 0 Å². The number of esters is 1. The Balaban J connectivity index is 1.88. The van der Waals surface area contributed by atoms with Gasteiger partial charge in [0.15, 0.2) is 11.6 Å². The number of nitrogens with zero attached hydrogens (tertiary/aromatic N) is 2. The van der Waals surface area contributed by atoms with E-state index in [1.165, 1.54) is 18.2 Å². The summed E-state index contributed by atoms with van der Waals surface area (Å²) in [5.41, 5.74) is 0.0832. The van der Waals surface area contributed by atoms with E-state index in [1.54, 1.807) is 12.1 Å². The van der Waals surface area contributed by atoms with E-state index in [-0.39, 0.29) is 33.4 Å². The first kappa shape index (κ1) is 16.6. The molecule has 0 spiro atoms. The molecule has 0 saturated heterocycles. The predicted molar refractivity (Wildman–Crippen MR) is 92.3 cm³/mol. The van der Waals surface area contributed by atoms with Crippen LogP contribution >= 0.6 is 0 Å². The average molecular weight is 366 g/mol. The summed E-state index contributed by atoms with van der Waals surface area (Å²) in [6, 6.07) is 9.54. The molecule has 134 valence electrons. The van der Waals surface area contributed by atoms with Crippen LogP contribution in [0.15, 0.2) is 42.5 Å².